The minimum atomic E-state index is -0.906. The number of hydrogen-bond acceptors (Lipinski definition) is 2. The van der Waals surface area contributed by atoms with Crippen molar-refractivity contribution in [2.45, 2.75) is 39.9 Å². The molecule has 0 spiro atoms. The lowest BCUT2D eigenvalue weighted by Crippen LogP contribution is -2.11. The average Bonchev–Trinajstić information content (AvgIpc) is 2.43. The normalized spacial score (nSPS) is 14.1. The minimum Gasteiger partial charge on any atom is -0.385 e. The molecule has 2 N–H and O–H groups in total. The van der Waals surface area contributed by atoms with Gasteiger partial charge in [-0.25, -0.2) is 0 Å². The third-order valence-corrected chi connectivity index (χ3v) is 4.04. The molecule has 2 heteroatoms. The Bertz CT molecular complexity index is 561. The van der Waals surface area contributed by atoms with Crippen molar-refractivity contribution >= 4 is 0 Å². The molecule has 0 saturated carbocycles. The second kappa shape index (κ2) is 5.78. The summed E-state index contributed by atoms with van der Waals surface area (Å²) in [6.45, 7) is 8.08. The zero-order valence-corrected chi connectivity index (χ0v) is 12.5. The highest BCUT2D eigenvalue weighted by Gasteiger charge is 2.20. The van der Waals surface area contributed by atoms with Crippen LogP contribution in [-0.4, -0.2) is 10.2 Å². The Balaban J connectivity index is 2.29. The molecule has 0 aliphatic carbocycles. The van der Waals surface area contributed by atoms with Crippen molar-refractivity contribution in [1.29, 1.82) is 0 Å². The highest BCUT2D eigenvalue weighted by Crippen LogP contribution is 2.30. The number of aryl methyl sites for hydroxylation is 4. The molecule has 0 bridgehead atoms. The van der Waals surface area contributed by atoms with Crippen LogP contribution >= 0.6 is 0 Å². The highest BCUT2D eigenvalue weighted by molar-refractivity contribution is 5.35. The zero-order chi connectivity index (χ0) is 14.9. The quantitative estimate of drug-likeness (QED) is 0.893. The molecule has 0 fully saturated rings. The van der Waals surface area contributed by atoms with E-state index in [9.17, 15) is 10.2 Å². The first-order chi connectivity index (χ1) is 9.40. The van der Waals surface area contributed by atoms with Crippen LogP contribution in [0.25, 0.3) is 0 Å². The lowest BCUT2D eigenvalue weighted by atomic mass is 9.94. The SMILES string of the molecule is Cc1ccc(C(O)C(O)c2ccc(C)c(C)c2)cc1C. The zero-order valence-electron chi connectivity index (χ0n) is 12.5. The highest BCUT2D eigenvalue weighted by atomic mass is 16.3. The van der Waals surface area contributed by atoms with Crippen molar-refractivity contribution in [3.8, 4) is 0 Å². The van der Waals surface area contributed by atoms with Gasteiger partial charge in [-0.15, -0.1) is 0 Å². The van der Waals surface area contributed by atoms with E-state index in [1.54, 1.807) is 0 Å². The number of hydrogen-bond donors (Lipinski definition) is 2. The van der Waals surface area contributed by atoms with E-state index < -0.39 is 12.2 Å². The lowest BCUT2D eigenvalue weighted by Gasteiger charge is -2.20. The van der Waals surface area contributed by atoms with Crippen molar-refractivity contribution in [1.82, 2.24) is 0 Å². The maximum atomic E-state index is 10.4. The average molecular weight is 270 g/mol. The molecule has 0 heterocycles. The minimum absolute atomic E-state index is 0.749. The summed E-state index contributed by atoms with van der Waals surface area (Å²) >= 11 is 0. The van der Waals surface area contributed by atoms with Crippen LogP contribution in [0.15, 0.2) is 36.4 Å². The fourth-order valence-corrected chi connectivity index (χ4v) is 2.26. The van der Waals surface area contributed by atoms with Crippen molar-refractivity contribution in [3.63, 3.8) is 0 Å². The topological polar surface area (TPSA) is 40.5 Å². The smallest absolute Gasteiger partial charge is 0.109 e. The number of benzene rings is 2. The van der Waals surface area contributed by atoms with Gasteiger partial charge in [0.15, 0.2) is 0 Å². The maximum absolute atomic E-state index is 10.4. The molecule has 0 aromatic heterocycles. The summed E-state index contributed by atoms with van der Waals surface area (Å²) in [4.78, 5) is 0. The molecule has 2 aromatic rings. The molecule has 2 nitrogen and oxygen atoms in total. The Morgan fingerprint density at radius 2 is 0.950 bits per heavy atom. The van der Waals surface area contributed by atoms with Crippen molar-refractivity contribution in [3.05, 3.63) is 69.8 Å². The summed E-state index contributed by atoms with van der Waals surface area (Å²) in [7, 11) is 0. The molecular formula is C18H22O2. The molecule has 0 saturated heterocycles. The number of rotatable bonds is 3. The van der Waals surface area contributed by atoms with Gasteiger partial charge in [-0.05, 0) is 61.1 Å². The summed E-state index contributed by atoms with van der Waals surface area (Å²) < 4.78 is 0. The Hall–Kier alpha value is -1.64. The molecule has 2 aromatic carbocycles. The van der Waals surface area contributed by atoms with E-state index in [-0.39, 0.29) is 0 Å². The van der Waals surface area contributed by atoms with Crippen LogP contribution in [0.1, 0.15) is 45.6 Å². The van der Waals surface area contributed by atoms with Gasteiger partial charge in [0, 0.05) is 0 Å². The Labute approximate surface area is 120 Å². The molecule has 0 radical (unpaired) electrons. The van der Waals surface area contributed by atoms with E-state index in [0.29, 0.717) is 0 Å². The van der Waals surface area contributed by atoms with Gasteiger partial charge >= 0.3 is 0 Å². The van der Waals surface area contributed by atoms with Crippen molar-refractivity contribution < 1.29 is 10.2 Å². The Morgan fingerprint density at radius 1 is 0.600 bits per heavy atom. The van der Waals surface area contributed by atoms with Gasteiger partial charge in [0.2, 0.25) is 0 Å². The van der Waals surface area contributed by atoms with Crippen molar-refractivity contribution in [2.75, 3.05) is 0 Å². The second-order valence-electron chi connectivity index (χ2n) is 5.58. The van der Waals surface area contributed by atoms with E-state index in [0.717, 1.165) is 22.3 Å². The van der Waals surface area contributed by atoms with E-state index in [1.165, 1.54) is 11.1 Å². The van der Waals surface area contributed by atoms with Gasteiger partial charge in [-0.1, -0.05) is 36.4 Å². The lowest BCUT2D eigenvalue weighted by molar-refractivity contribution is 0.0172. The van der Waals surface area contributed by atoms with Gasteiger partial charge in [-0.2, -0.15) is 0 Å². The van der Waals surface area contributed by atoms with Crippen LogP contribution in [-0.2, 0) is 0 Å². The summed E-state index contributed by atoms with van der Waals surface area (Å²) in [5.41, 5.74) is 6.10. The maximum Gasteiger partial charge on any atom is 0.109 e. The first-order valence-corrected chi connectivity index (χ1v) is 6.90. The molecule has 0 amide bonds. The van der Waals surface area contributed by atoms with Gasteiger partial charge in [0.25, 0.3) is 0 Å². The van der Waals surface area contributed by atoms with E-state index in [4.69, 9.17) is 0 Å². The van der Waals surface area contributed by atoms with E-state index >= 15 is 0 Å². The van der Waals surface area contributed by atoms with Gasteiger partial charge in [0.05, 0.1) is 0 Å². The number of aliphatic hydroxyl groups is 2. The molecule has 2 atom stereocenters. The van der Waals surface area contributed by atoms with Gasteiger partial charge in [-0.3, -0.25) is 0 Å². The van der Waals surface area contributed by atoms with Crippen LogP contribution in [0.3, 0.4) is 0 Å². The van der Waals surface area contributed by atoms with Crippen LogP contribution < -0.4 is 0 Å². The van der Waals surface area contributed by atoms with Crippen LogP contribution in [0.2, 0.25) is 0 Å². The van der Waals surface area contributed by atoms with Crippen LogP contribution in [0, 0.1) is 27.7 Å². The number of aliphatic hydroxyl groups excluding tert-OH is 2. The summed E-state index contributed by atoms with van der Waals surface area (Å²) in [6.07, 6.45) is -1.81. The molecular weight excluding hydrogens is 248 g/mol. The first-order valence-electron chi connectivity index (χ1n) is 6.90. The van der Waals surface area contributed by atoms with Gasteiger partial charge in [0.1, 0.15) is 12.2 Å². The van der Waals surface area contributed by atoms with E-state index in [2.05, 4.69) is 0 Å². The van der Waals surface area contributed by atoms with Gasteiger partial charge < -0.3 is 10.2 Å². The molecule has 106 valence electrons. The standard InChI is InChI=1S/C18H22O2/c1-11-5-7-15(9-13(11)3)17(19)18(20)16-8-6-12(2)14(4)10-16/h5-10,17-20H,1-4H3. The Morgan fingerprint density at radius 3 is 1.25 bits per heavy atom. The summed E-state index contributed by atoms with van der Waals surface area (Å²) in [5.74, 6) is 0. The molecule has 0 aliphatic heterocycles. The Kier molecular flexibility index (Phi) is 4.26. The third kappa shape index (κ3) is 2.92. The molecule has 2 rings (SSSR count). The fraction of sp³-hybridized carbons (Fsp3) is 0.333. The molecule has 0 aliphatic rings. The fourth-order valence-electron chi connectivity index (χ4n) is 2.26. The van der Waals surface area contributed by atoms with Crippen LogP contribution in [0.5, 0.6) is 0 Å². The van der Waals surface area contributed by atoms with E-state index in [1.807, 2.05) is 64.1 Å². The van der Waals surface area contributed by atoms with Crippen molar-refractivity contribution in [2.24, 2.45) is 0 Å². The third-order valence-electron chi connectivity index (χ3n) is 4.04. The first kappa shape index (κ1) is 14.8. The largest absolute Gasteiger partial charge is 0.385 e. The second-order valence-corrected chi connectivity index (χ2v) is 5.58. The predicted octanol–water partition coefficient (Wildman–Crippen LogP) is 3.69. The summed E-state index contributed by atoms with van der Waals surface area (Å²) in [6, 6.07) is 11.6. The van der Waals surface area contributed by atoms with Crippen LogP contribution in [0.4, 0.5) is 0 Å². The monoisotopic (exact) mass is 270 g/mol. The molecule has 20 heavy (non-hydrogen) atoms. The molecule has 2 unspecified atom stereocenters. The predicted molar refractivity (Wildman–Crippen MR) is 81.8 cm³/mol. The summed E-state index contributed by atoms with van der Waals surface area (Å²) in [5, 5.41) is 20.7.